The topological polar surface area (TPSA) is 67.4 Å². The molecule has 5 nitrogen and oxygen atoms in total. The lowest BCUT2D eigenvalue weighted by Gasteiger charge is -2.15. The van der Waals surface area contributed by atoms with Gasteiger partial charge in [0.2, 0.25) is 5.91 Å². The first kappa shape index (κ1) is 20.8. The number of ether oxygens (including phenoxy) is 1. The van der Waals surface area contributed by atoms with Crippen LogP contribution in [0.1, 0.15) is 43.7 Å². The number of halogens is 1. The molecule has 0 aliphatic carbocycles. The van der Waals surface area contributed by atoms with Crippen LogP contribution >= 0.6 is 11.6 Å². The molecule has 0 radical (unpaired) electrons. The van der Waals surface area contributed by atoms with Crippen LogP contribution in [0.2, 0.25) is 5.02 Å². The summed E-state index contributed by atoms with van der Waals surface area (Å²) in [7, 11) is 0. The fraction of sp³-hybridized carbons (Fsp3) is 0.333. The van der Waals surface area contributed by atoms with E-state index in [4.69, 9.17) is 16.3 Å². The van der Waals surface area contributed by atoms with E-state index in [1.165, 1.54) is 0 Å². The first-order chi connectivity index (χ1) is 13.0. The van der Waals surface area contributed by atoms with Crippen molar-refractivity contribution < 1.29 is 14.3 Å². The first-order valence-corrected chi connectivity index (χ1v) is 9.41. The van der Waals surface area contributed by atoms with Gasteiger partial charge < -0.3 is 4.74 Å². The molecule has 0 aromatic heterocycles. The molecule has 2 aromatic carbocycles. The van der Waals surface area contributed by atoms with Crippen molar-refractivity contribution in [3.05, 3.63) is 64.7 Å². The van der Waals surface area contributed by atoms with E-state index < -0.39 is 5.91 Å². The molecule has 2 N–H and O–H groups in total. The van der Waals surface area contributed by atoms with Gasteiger partial charge in [0.05, 0.1) is 0 Å². The number of rotatable bonds is 8. The molecule has 0 aliphatic heterocycles. The van der Waals surface area contributed by atoms with Gasteiger partial charge in [-0.15, -0.1) is 0 Å². The Hall–Kier alpha value is -2.53. The number of nitrogens with one attached hydrogen (secondary N) is 2. The van der Waals surface area contributed by atoms with Crippen molar-refractivity contribution in [1.29, 1.82) is 0 Å². The van der Waals surface area contributed by atoms with Crippen LogP contribution in [-0.2, 0) is 16.0 Å². The summed E-state index contributed by atoms with van der Waals surface area (Å²) in [6.45, 7) is 4.05. The van der Waals surface area contributed by atoms with Crippen LogP contribution in [0.3, 0.4) is 0 Å². The Morgan fingerprint density at radius 3 is 2.44 bits per heavy atom. The quantitative estimate of drug-likeness (QED) is 0.671. The summed E-state index contributed by atoms with van der Waals surface area (Å²) in [6, 6.07) is 15.0. The molecule has 0 fully saturated rings. The van der Waals surface area contributed by atoms with Crippen molar-refractivity contribution in [2.45, 2.75) is 39.0 Å². The highest BCUT2D eigenvalue weighted by molar-refractivity contribution is 6.31. The second kappa shape index (κ2) is 10.6. The summed E-state index contributed by atoms with van der Waals surface area (Å²) in [6.07, 6.45) is 1.70. The smallest absolute Gasteiger partial charge is 0.276 e. The Morgan fingerprint density at radius 1 is 1.04 bits per heavy atom. The molecular weight excluding hydrogens is 364 g/mol. The summed E-state index contributed by atoms with van der Waals surface area (Å²) >= 11 is 6.06. The number of aryl methyl sites for hydroxylation is 1. The maximum atomic E-state index is 11.9. The van der Waals surface area contributed by atoms with Gasteiger partial charge in [-0.25, -0.2) is 0 Å². The fourth-order valence-electron chi connectivity index (χ4n) is 2.57. The minimum Gasteiger partial charge on any atom is -0.483 e. The number of hydrogen-bond donors (Lipinski definition) is 2. The van der Waals surface area contributed by atoms with Crippen LogP contribution in [0, 0.1) is 0 Å². The van der Waals surface area contributed by atoms with E-state index in [2.05, 4.69) is 24.7 Å². The Balaban J connectivity index is 1.75. The predicted molar refractivity (Wildman–Crippen MR) is 107 cm³/mol. The molecule has 2 aromatic rings. The van der Waals surface area contributed by atoms with Crippen molar-refractivity contribution in [2.75, 3.05) is 6.61 Å². The number of benzene rings is 2. The zero-order valence-electron chi connectivity index (χ0n) is 15.6. The predicted octanol–water partition coefficient (Wildman–Crippen LogP) is 4.01. The van der Waals surface area contributed by atoms with Gasteiger partial charge >= 0.3 is 0 Å². The van der Waals surface area contributed by atoms with Crippen molar-refractivity contribution in [3.8, 4) is 5.75 Å². The van der Waals surface area contributed by atoms with Crippen molar-refractivity contribution in [1.82, 2.24) is 10.9 Å². The van der Waals surface area contributed by atoms with E-state index in [1.807, 2.05) is 42.5 Å². The summed E-state index contributed by atoms with van der Waals surface area (Å²) in [4.78, 5) is 23.8. The monoisotopic (exact) mass is 388 g/mol. The van der Waals surface area contributed by atoms with E-state index in [-0.39, 0.29) is 18.9 Å². The zero-order chi connectivity index (χ0) is 19.6. The number of para-hydroxylation sites is 1. The summed E-state index contributed by atoms with van der Waals surface area (Å²) in [5.41, 5.74) is 6.73. The van der Waals surface area contributed by atoms with Gasteiger partial charge in [-0.2, -0.15) is 0 Å². The molecule has 1 unspecified atom stereocenters. The van der Waals surface area contributed by atoms with Gasteiger partial charge in [0.25, 0.3) is 5.91 Å². The second-order valence-corrected chi connectivity index (χ2v) is 6.73. The van der Waals surface area contributed by atoms with Crippen LogP contribution in [0.15, 0.2) is 48.5 Å². The molecule has 0 aliphatic rings. The molecule has 0 saturated heterocycles. The average molecular weight is 389 g/mol. The van der Waals surface area contributed by atoms with E-state index in [1.54, 1.807) is 6.07 Å². The fourth-order valence-corrected chi connectivity index (χ4v) is 2.80. The zero-order valence-corrected chi connectivity index (χ0v) is 16.4. The Kier molecular flexibility index (Phi) is 8.14. The number of hydrogen-bond acceptors (Lipinski definition) is 3. The second-order valence-electron chi connectivity index (χ2n) is 6.32. The van der Waals surface area contributed by atoms with Crippen LogP contribution in [0.25, 0.3) is 0 Å². The number of carbonyl (C=O) groups is 2. The Labute approximate surface area is 165 Å². The summed E-state index contributed by atoms with van der Waals surface area (Å²) in [5.74, 6) is 0.323. The third-order valence-electron chi connectivity index (χ3n) is 4.34. The highest BCUT2D eigenvalue weighted by Gasteiger charge is 2.12. The lowest BCUT2D eigenvalue weighted by Crippen LogP contribution is -2.43. The van der Waals surface area contributed by atoms with Crippen molar-refractivity contribution in [2.24, 2.45) is 0 Å². The number of carbonyl (C=O) groups excluding carboxylic acids is 2. The lowest BCUT2D eigenvalue weighted by molar-refractivity contribution is -0.130. The maximum absolute atomic E-state index is 11.9. The van der Waals surface area contributed by atoms with Gasteiger partial charge in [-0.05, 0) is 42.0 Å². The minimum absolute atomic E-state index is 0.168. The highest BCUT2D eigenvalue weighted by Crippen LogP contribution is 2.28. The van der Waals surface area contributed by atoms with Gasteiger partial charge in [0, 0.05) is 11.4 Å². The number of hydrazine groups is 1. The molecule has 2 amide bonds. The minimum atomic E-state index is -0.417. The Morgan fingerprint density at radius 2 is 1.70 bits per heavy atom. The van der Waals surface area contributed by atoms with E-state index in [0.29, 0.717) is 23.1 Å². The average Bonchev–Trinajstić information content (AvgIpc) is 2.69. The molecular formula is C21H25ClN2O3. The van der Waals surface area contributed by atoms with Gasteiger partial charge in [-0.3, -0.25) is 20.4 Å². The van der Waals surface area contributed by atoms with Crippen molar-refractivity contribution in [3.63, 3.8) is 0 Å². The molecule has 0 saturated carbocycles. The third-order valence-corrected chi connectivity index (χ3v) is 4.71. The Bertz CT molecular complexity index is 780. The van der Waals surface area contributed by atoms with Gasteiger partial charge in [0.1, 0.15) is 5.75 Å². The molecule has 0 bridgehead atoms. The van der Waals surface area contributed by atoms with E-state index in [0.717, 1.165) is 17.5 Å². The van der Waals surface area contributed by atoms with E-state index >= 15 is 0 Å². The lowest BCUT2D eigenvalue weighted by atomic mass is 9.98. The highest BCUT2D eigenvalue weighted by atomic mass is 35.5. The molecule has 144 valence electrons. The summed E-state index contributed by atoms with van der Waals surface area (Å²) < 4.78 is 5.62. The van der Waals surface area contributed by atoms with Gasteiger partial charge in [-0.1, -0.05) is 61.8 Å². The van der Waals surface area contributed by atoms with Gasteiger partial charge in [0.15, 0.2) is 6.61 Å². The summed E-state index contributed by atoms with van der Waals surface area (Å²) in [5, 5.41) is 0.628. The molecule has 0 spiro atoms. The van der Waals surface area contributed by atoms with Crippen LogP contribution in [0.5, 0.6) is 5.75 Å². The standard InChI is InChI=1S/C21H25ClN2O3/c1-3-15(2)17-9-5-7-11-19(17)27-14-21(26)24-23-20(25)13-12-16-8-4-6-10-18(16)22/h4-11,15H,3,12-14H2,1-2H3,(H,23,25)(H,24,26). The van der Waals surface area contributed by atoms with Crippen LogP contribution < -0.4 is 15.6 Å². The first-order valence-electron chi connectivity index (χ1n) is 9.04. The molecule has 1 atom stereocenters. The van der Waals surface area contributed by atoms with Crippen LogP contribution in [-0.4, -0.2) is 18.4 Å². The molecule has 2 rings (SSSR count). The molecule has 6 heteroatoms. The normalized spacial score (nSPS) is 11.5. The number of amides is 2. The SMILES string of the molecule is CCC(C)c1ccccc1OCC(=O)NNC(=O)CCc1ccccc1Cl. The third kappa shape index (κ3) is 6.61. The maximum Gasteiger partial charge on any atom is 0.276 e. The van der Waals surface area contributed by atoms with Crippen molar-refractivity contribution >= 4 is 23.4 Å². The van der Waals surface area contributed by atoms with Crippen LogP contribution in [0.4, 0.5) is 0 Å². The van der Waals surface area contributed by atoms with E-state index in [9.17, 15) is 9.59 Å². The molecule has 27 heavy (non-hydrogen) atoms. The largest absolute Gasteiger partial charge is 0.483 e. The molecule has 0 heterocycles.